The molecule has 6 nitrogen and oxygen atoms in total. The van der Waals surface area contributed by atoms with Gasteiger partial charge in [-0.15, -0.1) is 0 Å². The summed E-state index contributed by atoms with van der Waals surface area (Å²) in [5.41, 5.74) is 1.47. The summed E-state index contributed by atoms with van der Waals surface area (Å²) in [6.07, 6.45) is 1.31. The van der Waals surface area contributed by atoms with Crippen LogP contribution in [0.3, 0.4) is 0 Å². The van der Waals surface area contributed by atoms with Crippen LogP contribution in [0.5, 0.6) is 0 Å². The second-order valence-corrected chi connectivity index (χ2v) is 5.46. The molecular weight excluding hydrogens is 312 g/mol. The van der Waals surface area contributed by atoms with Crippen molar-refractivity contribution in [1.29, 1.82) is 0 Å². The molecule has 134 valence electrons. The lowest BCUT2D eigenvalue weighted by atomic mass is 10.1. The molecule has 0 radical (unpaired) electrons. The van der Waals surface area contributed by atoms with Crippen LogP contribution in [0, 0.1) is 6.92 Å². The topological polar surface area (TPSA) is 71.1 Å². The number of methoxy groups -OCH3 is 2. The molecule has 24 heavy (non-hydrogen) atoms. The van der Waals surface area contributed by atoms with Gasteiger partial charge in [-0.3, -0.25) is 0 Å². The van der Waals surface area contributed by atoms with Crippen molar-refractivity contribution >= 4 is 11.9 Å². The van der Waals surface area contributed by atoms with Crippen LogP contribution in [0.15, 0.2) is 18.2 Å². The fourth-order valence-electron chi connectivity index (χ4n) is 2.12. The van der Waals surface area contributed by atoms with Crippen molar-refractivity contribution in [2.75, 3.05) is 34.0 Å². The van der Waals surface area contributed by atoms with E-state index in [1.807, 2.05) is 6.92 Å². The molecule has 1 aromatic rings. The average Bonchev–Trinajstić information content (AvgIpc) is 2.55. The van der Waals surface area contributed by atoms with E-state index in [4.69, 9.17) is 18.9 Å². The second-order valence-electron chi connectivity index (χ2n) is 5.46. The van der Waals surface area contributed by atoms with Gasteiger partial charge in [0.25, 0.3) is 0 Å². The van der Waals surface area contributed by atoms with Crippen molar-refractivity contribution in [2.45, 2.75) is 32.8 Å². The van der Waals surface area contributed by atoms with Gasteiger partial charge in [-0.1, -0.05) is 13.3 Å². The predicted octanol–water partition coefficient (Wildman–Crippen LogP) is 2.77. The highest BCUT2D eigenvalue weighted by molar-refractivity contribution is 5.94. The van der Waals surface area contributed by atoms with Crippen molar-refractivity contribution in [2.24, 2.45) is 0 Å². The SMILES string of the molecule is CCCCOC(=O)c1ccc(C(=O)OC(COC)COC)c(C)c1. The Morgan fingerprint density at radius 2 is 1.75 bits per heavy atom. The van der Waals surface area contributed by atoms with Crippen LogP contribution in [0.2, 0.25) is 0 Å². The summed E-state index contributed by atoms with van der Waals surface area (Å²) in [4.78, 5) is 24.2. The molecule has 0 aromatic heterocycles. The first-order valence-electron chi connectivity index (χ1n) is 8.00. The molecule has 0 fully saturated rings. The molecule has 0 spiro atoms. The van der Waals surface area contributed by atoms with Crippen molar-refractivity contribution < 1.29 is 28.5 Å². The molecule has 0 bridgehead atoms. The van der Waals surface area contributed by atoms with Gasteiger partial charge in [0.15, 0.2) is 0 Å². The van der Waals surface area contributed by atoms with Gasteiger partial charge < -0.3 is 18.9 Å². The van der Waals surface area contributed by atoms with E-state index < -0.39 is 12.1 Å². The molecule has 6 heteroatoms. The smallest absolute Gasteiger partial charge is 0.338 e. The number of hydrogen-bond donors (Lipinski definition) is 0. The second kappa shape index (κ2) is 10.8. The number of hydrogen-bond acceptors (Lipinski definition) is 6. The van der Waals surface area contributed by atoms with E-state index in [0.29, 0.717) is 23.3 Å². The monoisotopic (exact) mass is 338 g/mol. The minimum absolute atomic E-state index is 0.250. The Balaban J connectivity index is 2.75. The first-order chi connectivity index (χ1) is 11.5. The van der Waals surface area contributed by atoms with Gasteiger partial charge in [-0.25, -0.2) is 9.59 Å². The van der Waals surface area contributed by atoms with Gasteiger partial charge in [-0.05, 0) is 37.1 Å². The summed E-state index contributed by atoms with van der Waals surface area (Å²) in [5.74, 6) is -0.861. The molecule has 0 atom stereocenters. The number of unbranched alkanes of at least 4 members (excludes halogenated alkanes) is 1. The maximum atomic E-state index is 12.3. The molecule has 0 aliphatic heterocycles. The normalized spacial score (nSPS) is 10.7. The summed E-state index contributed by atoms with van der Waals surface area (Å²) in [5, 5.41) is 0. The van der Waals surface area contributed by atoms with Gasteiger partial charge >= 0.3 is 11.9 Å². The Labute approximate surface area is 143 Å². The number of aryl methyl sites for hydroxylation is 1. The third-order valence-corrected chi connectivity index (χ3v) is 3.39. The highest BCUT2D eigenvalue weighted by atomic mass is 16.6. The summed E-state index contributed by atoms with van der Waals surface area (Å²) in [6, 6.07) is 4.77. The molecule has 0 saturated heterocycles. The van der Waals surface area contributed by atoms with E-state index in [1.54, 1.807) is 25.1 Å². The lowest BCUT2D eigenvalue weighted by molar-refractivity contribution is -0.0224. The average molecular weight is 338 g/mol. The third kappa shape index (κ3) is 6.29. The van der Waals surface area contributed by atoms with Gasteiger partial charge in [0.05, 0.1) is 30.9 Å². The Morgan fingerprint density at radius 1 is 1.08 bits per heavy atom. The standard InChI is InChI=1S/C18H26O6/c1-5-6-9-23-17(19)14-7-8-16(13(2)10-14)18(20)24-15(11-21-3)12-22-4/h7-8,10,15H,5-6,9,11-12H2,1-4H3. The van der Waals surface area contributed by atoms with E-state index in [1.165, 1.54) is 14.2 Å². The number of carbonyl (C=O) groups excluding carboxylic acids is 2. The Hall–Kier alpha value is -1.92. The molecule has 0 heterocycles. The van der Waals surface area contributed by atoms with Crippen molar-refractivity contribution in [1.82, 2.24) is 0 Å². The summed E-state index contributed by atoms with van der Waals surface area (Å²) in [6.45, 7) is 4.68. The predicted molar refractivity (Wildman–Crippen MR) is 89.3 cm³/mol. The maximum Gasteiger partial charge on any atom is 0.338 e. The number of benzene rings is 1. The van der Waals surface area contributed by atoms with Gasteiger partial charge in [-0.2, -0.15) is 0 Å². The molecule has 0 N–H and O–H groups in total. The Morgan fingerprint density at radius 3 is 2.29 bits per heavy atom. The number of ether oxygens (including phenoxy) is 4. The highest BCUT2D eigenvalue weighted by Crippen LogP contribution is 2.15. The zero-order valence-corrected chi connectivity index (χ0v) is 14.8. The van der Waals surface area contributed by atoms with Crippen LogP contribution in [-0.2, 0) is 18.9 Å². The zero-order valence-electron chi connectivity index (χ0n) is 14.8. The molecule has 0 aliphatic carbocycles. The number of rotatable bonds is 10. The van der Waals surface area contributed by atoms with Gasteiger partial charge in [0, 0.05) is 14.2 Å². The molecule has 0 aliphatic rings. The molecule has 0 saturated carbocycles. The van der Waals surface area contributed by atoms with Crippen LogP contribution < -0.4 is 0 Å². The minimum Gasteiger partial charge on any atom is -0.462 e. The van der Waals surface area contributed by atoms with Crippen molar-refractivity contribution in [3.8, 4) is 0 Å². The molecule has 1 aromatic carbocycles. The van der Waals surface area contributed by atoms with Crippen molar-refractivity contribution in [3.05, 3.63) is 34.9 Å². The first-order valence-corrected chi connectivity index (χ1v) is 8.00. The molecule has 1 rings (SSSR count). The minimum atomic E-state index is -0.481. The lowest BCUT2D eigenvalue weighted by Crippen LogP contribution is -2.28. The van der Waals surface area contributed by atoms with E-state index in [2.05, 4.69) is 0 Å². The third-order valence-electron chi connectivity index (χ3n) is 3.39. The number of esters is 2. The zero-order chi connectivity index (χ0) is 17.9. The molecule has 0 amide bonds. The summed E-state index contributed by atoms with van der Waals surface area (Å²) >= 11 is 0. The van der Waals surface area contributed by atoms with Crippen molar-refractivity contribution in [3.63, 3.8) is 0 Å². The molecule has 0 unspecified atom stereocenters. The Bertz CT molecular complexity index is 534. The van der Waals surface area contributed by atoms with Crippen LogP contribution in [0.1, 0.15) is 46.0 Å². The highest BCUT2D eigenvalue weighted by Gasteiger charge is 2.19. The van der Waals surface area contributed by atoms with Crippen LogP contribution >= 0.6 is 0 Å². The van der Waals surface area contributed by atoms with Crippen LogP contribution in [0.25, 0.3) is 0 Å². The maximum absolute atomic E-state index is 12.3. The van der Waals surface area contributed by atoms with E-state index in [0.717, 1.165) is 12.8 Å². The summed E-state index contributed by atoms with van der Waals surface area (Å²) in [7, 11) is 3.06. The van der Waals surface area contributed by atoms with Crippen LogP contribution in [-0.4, -0.2) is 52.1 Å². The first kappa shape index (κ1) is 20.1. The Kier molecular flexibility index (Phi) is 9.04. The van der Waals surface area contributed by atoms with Gasteiger partial charge in [0.1, 0.15) is 6.10 Å². The largest absolute Gasteiger partial charge is 0.462 e. The number of carbonyl (C=O) groups is 2. The van der Waals surface area contributed by atoms with E-state index in [9.17, 15) is 9.59 Å². The quantitative estimate of drug-likeness (QED) is 0.482. The lowest BCUT2D eigenvalue weighted by Gasteiger charge is -2.17. The van der Waals surface area contributed by atoms with E-state index in [-0.39, 0.29) is 19.2 Å². The van der Waals surface area contributed by atoms with Crippen LogP contribution in [0.4, 0.5) is 0 Å². The fourth-order valence-corrected chi connectivity index (χ4v) is 2.12. The summed E-state index contributed by atoms with van der Waals surface area (Å²) < 4.78 is 20.5. The molecular formula is C18H26O6. The van der Waals surface area contributed by atoms with Gasteiger partial charge in [0.2, 0.25) is 0 Å². The fraction of sp³-hybridized carbons (Fsp3) is 0.556. The van der Waals surface area contributed by atoms with E-state index >= 15 is 0 Å².